The molecule has 4 heteroatoms. The van der Waals surface area contributed by atoms with Crippen molar-refractivity contribution in [1.82, 2.24) is 9.78 Å². The van der Waals surface area contributed by atoms with E-state index in [4.69, 9.17) is 0 Å². The van der Waals surface area contributed by atoms with Crippen molar-refractivity contribution in [2.45, 2.75) is 13.0 Å². The van der Waals surface area contributed by atoms with Gasteiger partial charge in [0.25, 0.3) is 0 Å². The predicted octanol–water partition coefficient (Wildman–Crippen LogP) is 4.11. The van der Waals surface area contributed by atoms with Crippen LogP contribution in [0.5, 0.6) is 0 Å². The minimum absolute atomic E-state index is 0.289. The van der Waals surface area contributed by atoms with E-state index in [1.807, 2.05) is 29.1 Å². The van der Waals surface area contributed by atoms with Crippen molar-refractivity contribution in [2.75, 3.05) is 5.32 Å². The molecule has 0 aliphatic heterocycles. The van der Waals surface area contributed by atoms with Gasteiger partial charge in [0.1, 0.15) is 0 Å². The third-order valence-corrected chi connectivity index (χ3v) is 4.05. The van der Waals surface area contributed by atoms with Crippen molar-refractivity contribution in [3.63, 3.8) is 0 Å². The van der Waals surface area contributed by atoms with Gasteiger partial charge in [-0.3, -0.25) is 0 Å². The lowest BCUT2D eigenvalue weighted by atomic mass is 10.2. The van der Waals surface area contributed by atoms with Gasteiger partial charge in [-0.1, -0.05) is 18.2 Å². The van der Waals surface area contributed by atoms with Crippen LogP contribution in [-0.4, -0.2) is 9.78 Å². The molecular weight excluding hydrogens is 254 g/mol. The molecule has 2 heterocycles. The molecule has 2 aromatic heterocycles. The van der Waals surface area contributed by atoms with Crippen molar-refractivity contribution in [2.24, 2.45) is 0 Å². The zero-order chi connectivity index (χ0) is 13.1. The monoisotopic (exact) mass is 269 g/mol. The summed E-state index contributed by atoms with van der Waals surface area (Å²) in [5, 5.41) is 9.95. The van der Waals surface area contributed by atoms with Crippen molar-refractivity contribution in [1.29, 1.82) is 0 Å². The highest BCUT2D eigenvalue weighted by molar-refractivity contribution is 7.10. The molecule has 0 aliphatic rings. The van der Waals surface area contributed by atoms with Gasteiger partial charge < -0.3 is 5.32 Å². The summed E-state index contributed by atoms with van der Waals surface area (Å²) in [5.41, 5.74) is 2.16. The highest BCUT2D eigenvalue weighted by Crippen LogP contribution is 2.26. The van der Waals surface area contributed by atoms with Crippen LogP contribution in [0.15, 0.2) is 60.2 Å². The Bertz CT molecular complexity index is 629. The second-order valence-electron chi connectivity index (χ2n) is 4.35. The molecule has 0 spiro atoms. The number of thiophene rings is 1. The quantitative estimate of drug-likeness (QED) is 0.772. The molecule has 0 fully saturated rings. The molecule has 1 atom stereocenters. The van der Waals surface area contributed by atoms with E-state index >= 15 is 0 Å². The fraction of sp³-hybridized carbons (Fsp3) is 0.133. The fourth-order valence-electron chi connectivity index (χ4n) is 2.05. The smallest absolute Gasteiger partial charge is 0.0877 e. The Labute approximate surface area is 116 Å². The lowest BCUT2D eigenvalue weighted by Crippen LogP contribution is -2.08. The van der Waals surface area contributed by atoms with Crippen LogP contribution >= 0.6 is 11.3 Å². The summed E-state index contributed by atoms with van der Waals surface area (Å²) in [6.07, 6.45) is 3.75. The van der Waals surface area contributed by atoms with Crippen LogP contribution < -0.4 is 5.32 Å². The second kappa shape index (κ2) is 5.28. The number of aromatic nitrogens is 2. The predicted molar refractivity (Wildman–Crippen MR) is 79.9 cm³/mol. The largest absolute Gasteiger partial charge is 0.376 e. The highest BCUT2D eigenvalue weighted by atomic mass is 32.1. The first-order chi connectivity index (χ1) is 9.34. The first-order valence-electron chi connectivity index (χ1n) is 6.23. The lowest BCUT2D eigenvalue weighted by molar-refractivity contribution is 0.862. The molecular formula is C15H15N3S. The normalized spacial score (nSPS) is 12.3. The molecule has 1 unspecified atom stereocenters. The summed E-state index contributed by atoms with van der Waals surface area (Å²) in [6.45, 7) is 2.17. The Balaban J connectivity index is 1.89. The molecule has 1 aromatic carbocycles. The molecule has 0 amide bonds. The van der Waals surface area contributed by atoms with Crippen LogP contribution in [0.1, 0.15) is 17.8 Å². The van der Waals surface area contributed by atoms with Gasteiger partial charge in [-0.05, 0) is 36.6 Å². The van der Waals surface area contributed by atoms with Gasteiger partial charge in [-0.15, -0.1) is 11.3 Å². The number of nitrogens with zero attached hydrogens (tertiary/aromatic N) is 2. The van der Waals surface area contributed by atoms with Gasteiger partial charge >= 0.3 is 0 Å². The summed E-state index contributed by atoms with van der Waals surface area (Å²) >= 11 is 1.77. The van der Waals surface area contributed by atoms with Crippen LogP contribution in [-0.2, 0) is 0 Å². The van der Waals surface area contributed by atoms with Crippen molar-refractivity contribution < 1.29 is 0 Å². The molecule has 0 bridgehead atoms. The number of para-hydroxylation sites is 2. The number of benzene rings is 1. The molecule has 1 N–H and O–H groups in total. The zero-order valence-electron chi connectivity index (χ0n) is 10.7. The van der Waals surface area contributed by atoms with Crippen molar-refractivity contribution in [3.05, 3.63) is 65.1 Å². The van der Waals surface area contributed by atoms with E-state index in [1.165, 1.54) is 4.88 Å². The Morgan fingerprint density at radius 2 is 2.05 bits per heavy atom. The Hall–Kier alpha value is -2.07. The zero-order valence-corrected chi connectivity index (χ0v) is 11.5. The number of anilines is 1. The standard InChI is InChI=1S/C15H15N3S/c1-12(15-8-4-11-19-15)17-13-6-2-3-7-14(13)18-10-5-9-16-18/h2-12,17H,1H3. The maximum Gasteiger partial charge on any atom is 0.0877 e. The van der Waals surface area contributed by atoms with Crippen molar-refractivity contribution in [3.8, 4) is 5.69 Å². The van der Waals surface area contributed by atoms with Gasteiger partial charge in [0, 0.05) is 17.3 Å². The van der Waals surface area contributed by atoms with Gasteiger partial charge in [0.2, 0.25) is 0 Å². The SMILES string of the molecule is CC(Nc1ccccc1-n1cccn1)c1cccs1. The molecule has 0 radical (unpaired) electrons. The first kappa shape index (κ1) is 12.0. The number of nitrogens with one attached hydrogen (secondary N) is 1. The number of rotatable bonds is 4. The molecule has 3 aromatic rings. The Morgan fingerprint density at radius 1 is 1.16 bits per heavy atom. The van der Waals surface area contributed by atoms with Crippen LogP contribution in [0, 0.1) is 0 Å². The average molecular weight is 269 g/mol. The van der Waals surface area contributed by atoms with Crippen LogP contribution in [0.25, 0.3) is 5.69 Å². The molecule has 0 aliphatic carbocycles. The number of hydrogen-bond donors (Lipinski definition) is 1. The lowest BCUT2D eigenvalue weighted by Gasteiger charge is -2.17. The average Bonchev–Trinajstić information content (AvgIpc) is 3.13. The third kappa shape index (κ3) is 2.53. The number of hydrogen-bond acceptors (Lipinski definition) is 3. The minimum atomic E-state index is 0.289. The van der Waals surface area contributed by atoms with E-state index in [0.29, 0.717) is 0 Å². The Kier molecular flexibility index (Phi) is 3.33. The summed E-state index contributed by atoms with van der Waals surface area (Å²) in [4.78, 5) is 1.33. The van der Waals surface area contributed by atoms with E-state index in [1.54, 1.807) is 17.5 Å². The molecule has 0 saturated carbocycles. The van der Waals surface area contributed by atoms with Gasteiger partial charge in [0.05, 0.1) is 17.4 Å². The molecule has 3 rings (SSSR count). The van der Waals surface area contributed by atoms with Gasteiger partial charge in [-0.25, -0.2) is 4.68 Å². The van der Waals surface area contributed by atoms with Gasteiger partial charge in [-0.2, -0.15) is 5.10 Å². The maximum absolute atomic E-state index is 4.30. The first-order valence-corrected chi connectivity index (χ1v) is 7.11. The molecule has 96 valence electrons. The fourth-order valence-corrected chi connectivity index (χ4v) is 2.78. The van der Waals surface area contributed by atoms with Gasteiger partial charge in [0.15, 0.2) is 0 Å². The van der Waals surface area contributed by atoms with E-state index < -0.39 is 0 Å². The van der Waals surface area contributed by atoms with Crippen molar-refractivity contribution >= 4 is 17.0 Å². The molecule has 3 nitrogen and oxygen atoms in total. The maximum atomic E-state index is 4.30. The van der Waals surface area contributed by atoms with E-state index in [9.17, 15) is 0 Å². The highest BCUT2D eigenvalue weighted by Gasteiger charge is 2.09. The Morgan fingerprint density at radius 3 is 2.79 bits per heavy atom. The van der Waals surface area contributed by atoms with E-state index in [2.05, 4.69) is 47.0 Å². The summed E-state index contributed by atoms with van der Waals surface area (Å²) in [5.74, 6) is 0. The van der Waals surface area contributed by atoms with E-state index in [0.717, 1.165) is 11.4 Å². The second-order valence-corrected chi connectivity index (χ2v) is 5.33. The topological polar surface area (TPSA) is 29.9 Å². The summed E-state index contributed by atoms with van der Waals surface area (Å²) in [6, 6.07) is 14.7. The summed E-state index contributed by atoms with van der Waals surface area (Å²) < 4.78 is 1.88. The van der Waals surface area contributed by atoms with Crippen LogP contribution in [0.2, 0.25) is 0 Å². The third-order valence-electron chi connectivity index (χ3n) is 3.00. The summed E-state index contributed by atoms with van der Waals surface area (Å²) in [7, 11) is 0. The van der Waals surface area contributed by atoms with Crippen LogP contribution in [0.3, 0.4) is 0 Å². The van der Waals surface area contributed by atoms with Crippen LogP contribution in [0.4, 0.5) is 5.69 Å². The molecule has 19 heavy (non-hydrogen) atoms. The van der Waals surface area contributed by atoms with E-state index in [-0.39, 0.29) is 6.04 Å². The molecule has 0 saturated heterocycles. The minimum Gasteiger partial charge on any atom is -0.376 e.